The summed E-state index contributed by atoms with van der Waals surface area (Å²) < 4.78 is 24.0. The van der Waals surface area contributed by atoms with Crippen molar-refractivity contribution in [3.63, 3.8) is 0 Å². The number of benzene rings is 3. The van der Waals surface area contributed by atoms with Gasteiger partial charge in [0.25, 0.3) is 0 Å². The Hall–Kier alpha value is -4.03. The van der Waals surface area contributed by atoms with E-state index in [0.29, 0.717) is 19.4 Å². The number of hydrogen-bond acceptors (Lipinski definition) is 12. The van der Waals surface area contributed by atoms with Crippen LogP contribution >= 0.6 is 24.1 Å². The Bertz CT molecular complexity index is 2250. The van der Waals surface area contributed by atoms with E-state index in [0.717, 1.165) is 92.7 Å². The minimum absolute atomic E-state index is 0.214. The van der Waals surface area contributed by atoms with Gasteiger partial charge in [-0.15, -0.1) is 4.33 Å². The van der Waals surface area contributed by atoms with Gasteiger partial charge in [0, 0.05) is 88.0 Å². The summed E-state index contributed by atoms with van der Waals surface area (Å²) >= 11 is 1.81. The van der Waals surface area contributed by atoms with E-state index >= 15 is 0 Å². The quantitative estimate of drug-likeness (QED) is 0.0205. The van der Waals surface area contributed by atoms with Crippen molar-refractivity contribution < 1.29 is 47.6 Å². The number of Topliss-reactive ketones (excluding diaryl/α,β-unsaturated/α-hetero) is 1. The highest BCUT2D eigenvalue weighted by molar-refractivity contribution is 8.01. The average molecular weight is 878 g/mol. The lowest BCUT2D eigenvalue weighted by Crippen LogP contribution is -2.43. The lowest BCUT2D eigenvalue weighted by molar-refractivity contribution is -0.777. The van der Waals surface area contributed by atoms with E-state index in [1.807, 2.05) is 66.7 Å². The number of nitrogens with zero attached hydrogens (tertiary/aromatic N) is 2. The summed E-state index contributed by atoms with van der Waals surface area (Å²) in [7, 11) is -2.44. The first kappa shape index (κ1) is 47.0. The molecule has 5 rings (SSSR count). The molecule has 0 saturated heterocycles. The van der Waals surface area contributed by atoms with Crippen LogP contribution in [0.15, 0.2) is 113 Å². The van der Waals surface area contributed by atoms with E-state index in [2.05, 4.69) is 98.5 Å². The third-order valence-electron chi connectivity index (χ3n) is 10.7. The fraction of sp³-hybridized carbons (Fsp3) is 0.378. The van der Waals surface area contributed by atoms with E-state index in [9.17, 15) is 19.1 Å². The molecule has 60 heavy (non-hydrogen) atoms. The van der Waals surface area contributed by atoms with Gasteiger partial charge in [-0.05, 0) is 90.7 Å². The fourth-order valence-electron chi connectivity index (χ4n) is 7.89. The molecule has 15 heteroatoms. The molecule has 3 aromatic carbocycles. The average Bonchev–Trinajstić information content (AvgIpc) is 3.55. The number of allylic oxidation sites excluding steroid dienone is 6. The molecule has 2 aliphatic heterocycles. The molecule has 0 aliphatic carbocycles. The minimum Gasteiger partial charge on any atom is -0.691 e. The Balaban J connectivity index is 1.30. The van der Waals surface area contributed by atoms with Crippen LogP contribution in [0.4, 0.5) is 11.4 Å². The maximum atomic E-state index is 13.1. The number of carbonyl (C=O) groups is 2. The Morgan fingerprint density at radius 3 is 2.30 bits per heavy atom. The molecule has 2 N–H and O–H groups in total. The number of anilines is 1. The molecule has 3 aromatic rings. The molecule has 1 atom stereocenters. The normalized spacial score (nSPS) is 16.8. The number of likely N-dealkylation sites (N-methyl/N-ethyl adjacent to an activating group) is 1. The van der Waals surface area contributed by atoms with E-state index < -0.39 is 15.6 Å². The topological polar surface area (TPSA) is 150 Å². The predicted octanol–water partition coefficient (Wildman–Crippen LogP) is 7.74. The first-order valence-electron chi connectivity index (χ1n) is 19.8. The standard InChI is InChI=1S/C45H55N3O9S3/c1-8-47-38-25-23-33(58-56-54-51)29-35(38)44(2,3)41(47)20-14-10-15-21-42-45(4,5)36-30-34(59-57-55-52)24-26-39(36)48(42)27-17-11-16-22-43(50)46-37(40(49)31-60(6,7)53)28-32-18-12-9-13-19-32/h9-10,12-15,18-21,23-26,29-31,37H,8,11,16-17,22,27-28H2,1-7H3,(H2-,46,50,51,52)/t37-/m0/s1. The molecular formula is C45H55N3O9S3. The number of amides is 1. The number of hydrogen-bond donors (Lipinski definition) is 2. The number of fused-ring (bicyclic) bond motifs is 2. The van der Waals surface area contributed by atoms with Crippen LogP contribution < -0.4 is 15.5 Å². The SMILES string of the molecule is CCN1/C(=C/C=C/C=C/C2=[N+](CCCCCC(=O)N[C@@H](Cc3ccccc3)C(=O)C=S(C)(C)=O)c3ccc(SOO[O-])cc3C2(C)C)C(C)(C)c2cc(SOOO)ccc21. The van der Waals surface area contributed by atoms with Crippen molar-refractivity contribution in [2.45, 2.75) is 93.4 Å². The van der Waals surface area contributed by atoms with E-state index in [-0.39, 0.29) is 28.9 Å². The summed E-state index contributed by atoms with van der Waals surface area (Å²) in [6.45, 7) is 12.3. The van der Waals surface area contributed by atoms with E-state index in [4.69, 9.17) is 5.26 Å². The van der Waals surface area contributed by atoms with Crippen molar-refractivity contribution in [1.29, 1.82) is 0 Å². The second-order valence-electron chi connectivity index (χ2n) is 16.1. The number of ketones is 1. The molecule has 2 heterocycles. The minimum atomic E-state index is -2.44. The molecule has 0 bridgehead atoms. The number of unbranched alkanes of at least 4 members (excludes halogenated alkanes) is 2. The third-order valence-corrected chi connectivity index (χ3v) is 12.7. The second-order valence-corrected chi connectivity index (χ2v) is 20.5. The zero-order valence-corrected chi connectivity index (χ0v) is 37.6. The van der Waals surface area contributed by atoms with Crippen LogP contribution in [0, 0.1) is 0 Å². The van der Waals surface area contributed by atoms with Gasteiger partial charge in [-0.3, -0.25) is 18.8 Å². The van der Waals surface area contributed by atoms with Crippen molar-refractivity contribution in [3.8, 4) is 0 Å². The molecular weight excluding hydrogens is 823 g/mol. The van der Waals surface area contributed by atoms with Gasteiger partial charge in [-0.2, -0.15) is 8.91 Å². The van der Waals surface area contributed by atoms with Crippen LogP contribution in [0.2, 0.25) is 0 Å². The lowest BCUT2D eigenvalue weighted by Gasteiger charge is -2.25. The predicted molar refractivity (Wildman–Crippen MR) is 238 cm³/mol. The summed E-state index contributed by atoms with van der Waals surface area (Å²) in [6, 6.07) is 20.7. The number of rotatable bonds is 21. The van der Waals surface area contributed by atoms with Gasteiger partial charge in [0.2, 0.25) is 11.6 Å². The first-order chi connectivity index (χ1) is 28.6. The van der Waals surface area contributed by atoms with Crippen molar-refractivity contribution in [3.05, 3.63) is 119 Å². The van der Waals surface area contributed by atoms with Gasteiger partial charge >= 0.3 is 0 Å². The third kappa shape index (κ3) is 11.9. The molecule has 0 fully saturated rings. The summed E-state index contributed by atoms with van der Waals surface area (Å²) in [4.78, 5) is 30.0. The molecule has 2 aliphatic rings. The summed E-state index contributed by atoms with van der Waals surface area (Å²) in [5.74, 6) is -0.561. The highest BCUT2D eigenvalue weighted by atomic mass is 32.2. The number of nitrogens with one attached hydrogen (secondary N) is 1. The zero-order valence-electron chi connectivity index (χ0n) is 35.2. The van der Waals surface area contributed by atoms with Gasteiger partial charge < -0.3 is 15.5 Å². The largest absolute Gasteiger partial charge is 0.691 e. The van der Waals surface area contributed by atoms with E-state index in [1.54, 1.807) is 0 Å². The monoisotopic (exact) mass is 877 g/mol. The molecule has 0 aromatic heterocycles. The maximum Gasteiger partial charge on any atom is 0.220 e. The summed E-state index contributed by atoms with van der Waals surface area (Å²) in [5, 5.41) is 30.7. The maximum absolute atomic E-state index is 13.1. The van der Waals surface area contributed by atoms with Gasteiger partial charge in [-0.1, -0.05) is 67.4 Å². The van der Waals surface area contributed by atoms with Crippen LogP contribution in [0.1, 0.15) is 77.0 Å². The fourth-order valence-corrected chi connectivity index (χ4v) is 9.41. The van der Waals surface area contributed by atoms with Gasteiger partial charge in [0.05, 0.1) is 35.5 Å². The van der Waals surface area contributed by atoms with Gasteiger partial charge in [0.15, 0.2) is 11.5 Å². The van der Waals surface area contributed by atoms with Crippen molar-refractivity contribution in [2.75, 3.05) is 30.5 Å². The van der Waals surface area contributed by atoms with E-state index in [1.165, 1.54) is 17.9 Å². The van der Waals surface area contributed by atoms with Crippen molar-refractivity contribution in [1.82, 2.24) is 5.32 Å². The Morgan fingerprint density at radius 2 is 1.62 bits per heavy atom. The first-order valence-corrected chi connectivity index (χ1v) is 23.7. The summed E-state index contributed by atoms with van der Waals surface area (Å²) in [6.07, 6.45) is 16.2. The Morgan fingerprint density at radius 1 is 0.917 bits per heavy atom. The molecule has 322 valence electrons. The molecule has 0 saturated carbocycles. The van der Waals surface area contributed by atoms with Gasteiger partial charge in [0.1, 0.15) is 6.54 Å². The van der Waals surface area contributed by atoms with Crippen LogP contribution in [0.5, 0.6) is 0 Å². The molecule has 1 amide bonds. The highest BCUT2D eigenvalue weighted by Gasteiger charge is 2.44. The van der Waals surface area contributed by atoms with Gasteiger partial charge in [-0.25, -0.2) is 5.26 Å². The van der Waals surface area contributed by atoms with Crippen molar-refractivity contribution in [2.24, 2.45) is 0 Å². The summed E-state index contributed by atoms with van der Waals surface area (Å²) in [5.41, 5.74) is 6.88. The Kier molecular flexibility index (Phi) is 16.6. The molecule has 0 unspecified atom stereocenters. The second kappa shape index (κ2) is 21.2. The number of carbonyl (C=O) groups excluding carboxylic acids is 2. The zero-order chi connectivity index (χ0) is 43.5. The molecule has 0 spiro atoms. The van der Waals surface area contributed by atoms with Crippen LogP contribution in [-0.4, -0.2) is 68.5 Å². The smallest absolute Gasteiger partial charge is 0.220 e. The molecule has 0 radical (unpaired) electrons. The Labute approximate surface area is 362 Å². The highest BCUT2D eigenvalue weighted by Crippen LogP contribution is 2.49. The molecule has 12 nitrogen and oxygen atoms in total. The van der Waals surface area contributed by atoms with Crippen LogP contribution in [0.25, 0.3) is 0 Å². The van der Waals surface area contributed by atoms with Crippen molar-refractivity contribution >= 4 is 67.8 Å². The van der Waals surface area contributed by atoms with Crippen LogP contribution in [0.3, 0.4) is 0 Å². The lowest BCUT2D eigenvalue weighted by atomic mass is 9.81. The van der Waals surface area contributed by atoms with Crippen LogP contribution in [-0.2, 0) is 55.1 Å².